The molecule has 2 amide bonds. The van der Waals surface area contributed by atoms with Gasteiger partial charge in [-0.2, -0.15) is 0 Å². The molecule has 2 aromatic carbocycles. The molecule has 0 unspecified atom stereocenters. The van der Waals surface area contributed by atoms with Crippen LogP contribution in [0.3, 0.4) is 0 Å². The van der Waals surface area contributed by atoms with Gasteiger partial charge >= 0.3 is 6.09 Å². The van der Waals surface area contributed by atoms with Crippen LogP contribution in [0.25, 0.3) is 11.0 Å². The number of nitrogens with one attached hydrogen (secondary N) is 2. The summed E-state index contributed by atoms with van der Waals surface area (Å²) in [5.41, 5.74) is 11.0. The highest BCUT2D eigenvalue weighted by molar-refractivity contribution is 5.89. The van der Waals surface area contributed by atoms with Gasteiger partial charge in [-0.1, -0.05) is 49.7 Å². The molecule has 0 spiro atoms. The van der Waals surface area contributed by atoms with Crippen LogP contribution in [0, 0.1) is 0 Å². The Balaban J connectivity index is 1.39. The van der Waals surface area contributed by atoms with Gasteiger partial charge in [0.1, 0.15) is 23.5 Å². The summed E-state index contributed by atoms with van der Waals surface area (Å²) in [6.07, 6.45) is 2.25. The minimum atomic E-state index is -0.512. The topological polar surface area (TPSA) is 146 Å². The quantitative estimate of drug-likeness (QED) is 0.220. The van der Waals surface area contributed by atoms with Crippen molar-refractivity contribution >= 4 is 34.5 Å². The molecule has 0 aliphatic heterocycles. The highest BCUT2D eigenvalue weighted by Gasteiger charge is 2.20. The van der Waals surface area contributed by atoms with Gasteiger partial charge in [0.15, 0.2) is 5.82 Å². The third kappa shape index (κ3) is 7.93. The molecule has 0 saturated heterocycles. The number of aryl methyl sites for hydroxylation is 1. The molecular formula is C30H37N7O4. The molecule has 2 aromatic heterocycles. The number of nitrogen functional groups attached to an aromatic ring is 1. The number of carbonyl (C=O) groups excluding carboxylic acids is 2. The van der Waals surface area contributed by atoms with Gasteiger partial charge in [-0.05, 0) is 49.1 Å². The first-order valence-corrected chi connectivity index (χ1v) is 13.8. The second kappa shape index (κ2) is 13.6. The average molecular weight is 560 g/mol. The van der Waals surface area contributed by atoms with Crippen molar-refractivity contribution in [2.45, 2.75) is 72.8 Å². The first-order valence-electron chi connectivity index (χ1n) is 13.8. The number of imidazole rings is 1. The summed E-state index contributed by atoms with van der Waals surface area (Å²) >= 11 is 0. The van der Waals surface area contributed by atoms with Crippen molar-refractivity contribution in [3.05, 3.63) is 71.0 Å². The number of fused-ring (bicyclic) bond motifs is 1. The number of carbonyl (C=O) groups is 2. The SMILES string of the molecule is CCCCc1nc2c(N)nnc(OC(C)C)c2n1Cc1ccc(CNC(=O)OCc2ccc(NC(C)=O)cc2)cc1. The van der Waals surface area contributed by atoms with Crippen molar-refractivity contribution in [2.75, 3.05) is 11.1 Å². The Kier molecular flexibility index (Phi) is 9.73. The van der Waals surface area contributed by atoms with Crippen LogP contribution in [-0.2, 0) is 35.6 Å². The molecule has 4 aromatic rings. The first-order chi connectivity index (χ1) is 19.7. The molecular weight excluding hydrogens is 522 g/mol. The fraction of sp³-hybridized carbons (Fsp3) is 0.367. The van der Waals surface area contributed by atoms with E-state index in [1.807, 2.05) is 38.1 Å². The van der Waals surface area contributed by atoms with E-state index in [0.29, 0.717) is 30.2 Å². The van der Waals surface area contributed by atoms with Gasteiger partial charge in [-0.15, -0.1) is 10.2 Å². The Bertz CT molecular complexity index is 1480. The molecule has 41 heavy (non-hydrogen) atoms. The number of anilines is 2. The van der Waals surface area contributed by atoms with E-state index in [4.69, 9.17) is 20.2 Å². The number of rotatable bonds is 12. The van der Waals surface area contributed by atoms with Crippen molar-refractivity contribution in [2.24, 2.45) is 0 Å². The fourth-order valence-corrected chi connectivity index (χ4v) is 4.29. The molecule has 2 heterocycles. The minimum absolute atomic E-state index is 0.0763. The fourth-order valence-electron chi connectivity index (χ4n) is 4.29. The molecule has 4 rings (SSSR count). The maximum atomic E-state index is 12.2. The number of benzene rings is 2. The van der Waals surface area contributed by atoms with Gasteiger partial charge in [-0.25, -0.2) is 9.78 Å². The Morgan fingerprint density at radius 3 is 2.34 bits per heavy atom. The second-order valence-electron chi connectivity index (χ2n) is 10.1. The second-order valence-corrected chi connectivity index (χ2v) is 10.1. The maximum Gasteiger partial charge on any atom is 0.407 e. The van der Waals surface area contributed by atoms with E-state index in [1.54, 1.807) is 24.3 Å². The molecule has 0 aliphatic rings. The molecule has 0 aliphatic carbocycles. The first kappa shape index (κ1) is 29.3. The van der Waals surface area contributed by atoms with Crippen molar-refractivity contribution in [1.82, 2.24) is 25.1 Å². The van der Waals surface area contributed by atoms with E-state index < -0.39 is 6.09 Å². The minimum Gasteiger partial charge on any atom is -0.472 e. The highest BCUT2D eigenvalue weighted by atomic mass is 16.5. The molecule has 11 heteroatoms. The number of aromatic nitrogens is 4. The van der Waals surface area contributed by atoms with E-state index in [2.05, 4.69) is 32.3 Å². The summed E-state index contributed by atoms with van der Waals surface area (Å²) in [6, 6.07) is 15.1. The molecule has 0 fully saturated rings. The Hall–Kier alpha value is -4.67. The number of amides is 2. The van der Waals surface area contributed by atoms with Crippen molar-refractivity contribution in [1.29, 1.82) is 0 Å². The zero-order chi connectivity index (χ0) is 29.4. The number of alkyl carbamates (subject to hydrolysis) is 1. The molecule has 216 valence electrons. The summed E-state index contributed by atoms with van der Waals surface area (Å²) in [4.78, 5) is 28.2. The highest BCUT2D eigenvalue weighted by Crippen LogP contribution is 2.29. The van der Waals surface area contributed by atoms with Crippen LogP contribution in [0.2, 0.25) is 0 Å². The summed E-state index contributed by atoms with van der Waals surface area (Å²) in [6.45, 7) is 8.50. The monoisotopic (exact) mass is 559 g/mol. The van der Waals surface area contributed by atoms with E-state index >= 15 is 0 Å². The lowest BCUT2D eigenvalue weighted by Crippen LogP contribution is -2.23. The molecule has 0 atom stereocenters. The van der Waals surface area contributed by atoms with Gasteiger partial charge in [0.25, 0.3) is 5.88 Å². The molecule has 0 bridgehead atoms. The van der Waals surface area contributed by atoms with E-state index in [1.165, 1.54) is 6.92 Å². The van der Waals surface area contributed by atoms with Crippen LogP contribution < -0.4 is 21.1 Å². The van der Waals surface area contributed by atoms with Crippen LogP contribution in [0.15, 0.2) is 48.5 Å². The van der Waals surface area contributed by atoms with Crippen LogP contribution >= 0.6 is 0 Å². The third-order valence-corrected chi connectivity index (χ3v) is 6.29. The van der Waals surface area contributed by atoms with Crippen molar-refractivity contribution in [3.8, 4) is 5.88 Å². The van der Waals surface area contributed by atoms with Gasteiger partial charge in [-0.3, -0.25) is 4.79 Å². The Morgan fingerprint density at radius 1 is 1.00 bits per heavy atom. The summed E-state index contributed by atoms with van der Waals surface area (Å²) < 4.78 is 13.4. The number of ether oxygens (including phenoxy) is 2. The third-order valence-electron chi connectivity index (χ3n) is 6.29. The lowest BCUT2D eigenvalue weighted by atomic mass is 10.1. The predicted molar refractivity (Wildman–Crippen MR) is 157 cm³/mol. The maximum absolute atomic E-state index is 12.2. The van der Waals surface area contributed by atoms with Crippen molar-refractivity contribution in [3.63, 3.8) is 0 Å². The number of hydrogen-bond acceptors (Lipinski definition) is 8. The van der Waals surface area contributed by atoms with Crippen LogP contribution in [0.5, 0.6) is 5.88 Å². The van der Waals surface area contributed by atoms with E-state index in [9.17, 15) is 9.59 Å². The van der Waals surface area contributed by atoms with E-state index in [0.717, 1.165) is 47.3 Å². The normalized spacial score (nSPS) is 11.0. The number of nitrogens with two attached hydrogens (primary N) is 1. The Labute approximate surface area is 239 Å². The van der Waals surface area contributed by atoms with Crippen LogP contribution in [0.1, 0.15) is 63.1 Å². The lowest BCUT2D eigenvalue weighted by molar-refractivity contribution is -0.114. The average Bonchev–Trinajstić information content (AvgIpc) is 3.31. The number of unbranched alkanes of at least 4 members (excludes halogenated alkanes) is 1. The van der Waals surface area contributed by atoms with Gasteiger partial charge in [0.05, 0.1) is 6.10 Å². The van der Waals surface area contributed by atoms with Crippen LogP contribution in [0.4, 0.5) is 16.3 Å². The Morgan fingerprint density at radius 2 is 1.68 bits per heavy atom. The molecule has 4 N–H and O–H groups in total. The molecule has 0 radical (unpaired) electrons. The zero-order valence-electron chi connectivity index (χ0n) is 23.9. The molecule has 0 saturated carbocycles. The zero-order valence-corrected chi connectivity index (χ0v) is 23.9. The van der Waals surface area contributed by atoms with Gasteiger partial charge in [0, 0.05) is 32.1 Å². The smallest absolute Gasteiger partial charge is 0.407 e. The number of hydrogen-bond donors (Lipinski definition) is 3. The van der Waals surface area contributed by atoms with Gasteiger partial charge in [0.2, 0.25) is 5.91 Å². The van der Waals surface area contributed by atoms with E-state index in [-0.39, 0.29) is 24.4 Å². The summed E-state index contributed by atoms with van der Waals surface area (Å²) in [7, 11) is 0. The number of nitrogens with zero attached hydrogens (tertiary/aromatic N) is 4. The summed E-state index contributed by atoms with van der Waals surface area (Å²) in [5, 5.41) is 13.8. The van der Waals surface area contributed by atoms with Crippen LogP contribution in [-0.4, -0.2) is 37.9 Å². The summed E-state index contributed by atoms with van der Waals surface area (Å²) in [5.74, 6) is 1.47. The lowest BCUT2D eigenvalue weighted by Gasteiger charge is -2.14. The van der Waals surface area contributed by atoms with Gasteiger partial charge < -0.3 is 30.4 Å². The standard InChI is InChI=1S/C30H37N7O4/c1-5-6-7-25-34-26-27(29(41-19(2)3)36-35-28(26)31)37(25)17-22-10-8-21(9-11-22)16-32-30(39)40-18-23-12-14-24(15-13-23)33-20(4)38/h8-15,19H,5-7,16-18H2,1-4H3,(H2,31,35)(H,32,39)(H,33,38). The predicted octanol–water partition coefficient (Wildman–Crippen LogP) is 4.97. The largest absolute Gasteiger partial charge is 0.472 e. The van der Waals surface area contributed by atoms with Crippen molar-refractivity contribution < 1.29 is 19.1 Å². The molecule has 11 nitrogen and oxygen atoms in total.